The lowest BCUT2D eigenvalue weighted by Crippen LogP contribution is -2.69. The van der Waals surface area contributed by atoms with Crippen molar-refractivity contribution in [3.63, 3.8) is 0 Å². The largest absolute Gasteiger partial charge is 0.394 e. The molecular formula is C18H32N2O10. The van der Waals surface area contributed by atoms with Crippen molar-refractivity contribution in [2.45, 2.75) is 81.9 Å². The Balaban J connectivity index is 2.28. The molecule has 0 spiro atoms. The van der Waals surface area contributed by atoms with Crippen molar-refractivity contribution in [1.82, 2.24) is 10.6 Å². The van der Waals surface area contributed by atoms with Gasteiger partial charge in [0.1, 0.15) is 42.7 Å². The molecule has 2 fully saturated rings. The first-order valence-corrected chi connectivity index (χ1v) is 9.75. The van der Waals surface area contributed by atoms with Crippen LogP contribution in [0.1, 0.15) is 20.8 Å². The second-order valence-electron chi connectivity index (χ2n) is 7.52. The molecule has 2 aliphatic rings. The summed E-state index contributed by atoms with van der Waals surface area (Å²) in [5, 5.41) is 45.9. The van der Waals surface area contributed by atoms with E-state index in [0.717, 1.165) is 0 Å². The highest BCUT2D eigenvalue weighted by molar-refractivity contribution is 5.73. The van der Waals surface area contributed by atoms with E-state index in [4.69, 9.17) is 18.9 Å². The van der Waals surface area contributed by atoms with Crippen LogP contribution in [-0.2, 0) is 28.5 Å². The van der Waals surface area contributed by atoms with Crippen LogP contribution < -0.4 is 10.6 Å². The summed E-state index contributed by atoms with van der Waals surface area (Å²) in [4.78, 5) is 23.2. The van der Waals surface area contributed by atoms with Crippen molar-refractivity contribution in [3.8, 4) is 0 Å². The predicted octanol–water partition coefficient (Wildman–Crippen LogP) is -3.39. The van der Waals surface area contributed by atoms with Crippen LogP contribution in [0.5, 0.6) is 0 Å². The van der Waals surface area contributed by atoms with E-state index in [1.165, 1.54) is 21.0 Å². The average molecular weight is 436 g/mol. The molecule has 0 radical (unpaired) electrons. The molecule has 6 N–H and O–H groups in total. The first-order valence-electron chi connectivity index (χ1n) is 9.75. The molecule has 12 heteroatoms. The fourth-order valence-electron chi connectivity index (χ4n) is 3.91. The summed E-state index contributed by atoms with van der Waals surface area (Å²) in [6.07, 6.45) is -8.57. The van der Waals surface area contributed by atoms with Crippen LogP contribution in [0.25, 0.3) is 0 Å². The molecule has 10 atom stereocenters. The fourth-order valence-corrected chi connectivity index (χ4v) is 3.91. The zero-order valence-electron chi connectivity index (χ0n) is 17.4. The molecule has 2 heterocycles. The van der Waals surface area contributed by atoms with Crippen LogP contribution in [0.4, 0.5) is 0 Å². The molecule has 0 aliphatic carbocycles. The van der Waals surface area contributed by atoms with E-state index < -0.39 is 80.2 Å². The van der Waals surface area contributed by atoms with Gasteiger partial charge in [0.25, 0.3) is 0 Å². The second kappa shape index (κ2) is 10.8. The van der Waals surface area contributed by atoms with Crippen molar-refractivity contribution in [3.05, 3.63) is 0 Å². The first kappa shape index (κ1) is 24.9. The number of hydrogen-bond acceptors (Lipinski definition) is 10. The second-order valence-corrected chi connectivity index (χ2v) is 7.52. The third kappa shape index (κ3) is 5.45. The molecule has 0 saturated carbocycles. The Labute approximate surface area is 174 Å². The molecule has 2 saturated heterocycles. The Morgan fingerprint density at radius 2 is 1.40 bits per heavy atom. The van der Waals surface area contributed by atoms with Crippen molar-refractivity contribution >= 4 is 11.8 Å². The highest BCUT2D eigenvalue weighted by Gasteiger charge is 2.51. The number of methoxy groups -OCH3 is 1. The summed E-state index contributed by atoms with van der Waals surface area (Å²) in [6, 6.07) is -1.93. The lowest BCUT2D eigenvalue weighted by atomic mass is 9.92. The van der Waals surface area contributed by atoms with Gasteiger partial charge in [0.05, 0.1) is 25.4 Å². The molecule has 174 valence electrons. The minimum Gasteiger partial charge on any atom is -0.394 e. The molecule has 2 amide bonds. The molecule has 0 aromatic carbocycles. The van der Waals surface area contributed by atoms with E-state index in [0.29, 0.717) is 0 Å². The van der Waals surface area contributed by atoms with Gasteiger partial charge in [-0.25, -0.2) is 0 Å². The molecule has 30 heavy (non-hydrogen) atoms. The minimum atomic E-state index is -1.31. The molecule has 0 aromatic rings. The Kier molecular flexibility index (Phi) is 8.94. The number of aliphatic hydroxyl groups excluding tert-OH is 4. The Hall–Kier alpha value is -1.38. The topological polar surface area (TPSA) is 176 Å². The Morgan fingerprint density at radius 3 is 1.90 bits per heavy atom. The van der Waals surface area contributed by atoms with Gasteiger partial charge in [0.15, 0.2) is 6.29 Å². The Morgan fingerprint density at radius 1 is 0.900 bits per heavy atom. The third-order valence-electron chi connectivity index (χ3n) is 5.30. The van der Waals surface area contributed by atoms with Crippen LogP contribution >= 0.6 is 0 Å². The van der Waals surface area contributed by atoms with Gasteiger partial charge in [-0.05, 0) is 6.92 Å². The number of rotatable bonds is 7. The van der Waals surface area contributed by atoms with E-state index in [-0.39, 0.29) is 5.91 Å². The molecule has 6 unspecified atom stereocenters. The lowest BCUT2D eigenvalue weighted by Gasteiger charge is -2.48. The molecule has 0 aromatic heterocycles. The third-order valence-corrected chi connectivity index (χ3v) is 5.30. The maximum atomic E-state index is 11.7. The van der Waals surface area contributed by atoms with E-state index >= 15 is 0 Å². The fraction of sp³-hybridized carbons (Fsp3) is 0.889. The van der Waals surface area contributed by atoms with E-state index in [1.54, 1.807) is 6.92 Å². The van der Waals surface area contributed by atoms with E-state index in [1.807, 2.05) is 0 Å². The van der Waals surface area contributed by atoms with Gasteiger partial charge in [-0.1, -0.05) is 0 Å². The van der Waals surface area contributed by atoms with Gasteiger partial charge in [-0.15, -0.1) is 0 Å². The normalized spacial score (nSPS) is 41.9. The first-order chi connectivity index (χ1) is 14.1. The molecular weight excluding hydrogens is 404 g/mol. The predicted molar refractivity (Wildman–Crippen MR) is 100 cm³/mol. The zero-order valence-corrected chi connectivity index (χ0v) is 17.4. The van der Waals surface area contributed by atoms with Gasteiger partial charge in [0, 0.05) is 21.0 Å². The number of carbonyl (C=O) groups excluding carboxylic acids is 2. The van der Waals surface area contributed by atoms with E-state index in [2.05, 4.69) is 10.6 Å². The molecule has 2 aliphatic heterocycles. The molecule has 0 bridgehead atoms. The van der Waals surface area contributed by atoms with Crippen molar-refractivity contribution in [2.75, 3.05) is 20.3 Å². The van der Waals surface area contributed by atoms with Crippen molar-refractivity contribution < 1.29 is 49.0 Å². The van der Waals surface area contributed by atoms with Crippen molar-refractivity contribution in [1.29, 1.82) is 0 Å². The monoisotopic (exact) mass is 436 g/mol. The van der Waals surface area contributed by atoms with Gasteiger partial charge in [0.2, 0.25) is 11.8 Å². The smallest absolute Gasteiger partial charge is 0.217 e. The summed E-state index contributed by atoms with van der Waals surface area (Å²) < 4.78 is 22.4. The maximum absolute atomic E-state index is 11.7. The van der Waals surface area contributed by atoms with Gasteiger partial charge in [-0.3, -0.25) is 9.59 Å². The van der Waals surface area contributed by atoms with Gasteiger partial charge < -0.3 is 50.0 Å². The summed E-state index contributed by atoms with van der Waals surface area (Å²) in [5.41, 5.74) is 0. The Bertz CT molecular complexity index is 593. The van der Waals surface area contributed by atoms with Crippen LogP contribution in [-0.4, -0.2) is 114 Å². The van der Waals surface area contributed by atoms with Crippen LogP contribution in [0, 0.1) is 0 Å². The van der Waals surface area contributed by atoms with Gasteiger partial charge >= 0.3 is 0 Å². The quantitative estimate of drug-likeness (QED) is 0.236. The number of amides is 2. The standard InChI is InChI=1S/C18H32N2O10/c1-7-12(19-8(2)23)14(25)17(11(6-22)28-7)30-18-13(20-9(3)24)15(26)16(27-4)10(5-21)29-18/h7,10-18,21-22,25-26H,5-6H2,1-4H3,(H,19,23)(H,20,24)/t7?,10?,11?,12?,13?,14?,15-,16-,17-,18+/m1/s1. The summed E-state index contributed by atoms with van der Waals surface area (Å²) in [6.45, 7) is 3.17. The van der Waals surface area contributed by atoms with Gasteiger partial charge in [-0.2, -0.15) is 0 Å². The summed E-state index contributed by atoms with van der Waals surface area (Å²) in [5.74, 6) is -0.864. The summed E-state index contributed by atoms with van der Waals surface area (Å²) in [7, 11) is 1.33. The summed E-state index contributed by atoms with van der Waals surface area (Å²) >= 11 is 0. The lowest BCUT2D eigenvalue weighted by molar-refractivity contribution is -0.315. The maximum Gasteiger partial charge on any atom is 0.217 e. The molecule has 2 rings (SSSR count). The zero-order chi connectivity index (χ0) is 22.6. The SMILES string of the molecule is CO[C@@H]1C(CO)O[C@@H](O[C@@H]2C(CO)OC(C)C(NC(C)=O)C2O)C(NC(C)=O)[C@H]1O. The minimum absolute atomic E-state index is 0.389. The number of carbonyl (C=O) groups is 2. The molecule has 12 nitrogen and oxygen atoms in total. The van der Waals surface area contributed by atoms with Crippen molar-refractivity contribution in [2.24, 2.45) is 0 Å². The van der Waals surface area contributed by atoms with Crippen LogP contribution in [0.2, 0.25) is 0 Å². The number of ether oxygens (including phenoxy) is 4. The van der Waals surface area contributed by atoms with Crippen LogP contribution in [0.15, 0.2) is 0 Å². The highest BCUT2D eigenvalue weighted by Crippen LogP contribution is 2.30. The number of nitrogens with one attached hydrogen (secondary N) is 2. The van der Waals surface area contributed by atoms with Crippen LogP contribution in [0.3, 0.4) is 0 Å². The average Bonchev–Trinajstić information content (AvgIpc) is 2.68. The number of aliphatic hydroxyl groups is 4. The van der Waals surface area contributed by atoms with E-state index in [9.17, 15) is 30.0 Å². The number of hydrogen-bond donors (Lipinski definition) is 6. The highest BCUT2D eigenvalue weighted by atomic mass is 16.7.